The van der Waals surface area contributed by atoms with Gasteiger partial charge in [-0.2, -0.15) is 4.68 Å². The molecule has 6 nitrogen and oxygen atoms in total. The molecule has 4 rings (SSSR count). The SMILES string of the molecule is COc1cc2c(cc1OC)C[NH+](Cn1nc3ccccn3c1=S)CC2. The van der Waals surface area contributed by atoms with Gasteiger partial charge >= 0.3 is 0 Å². The van der Waals surface area contributed by atoms with Gasteiger partial charge in [0.1, 0.15) is 6.54 Å². The molecule has 0 spiro atoms. The molecule has 7 heteroatoms. The summed E-state index contributed by atoms with van der Waals surface area (Å²) in [7, 11) is 3.35. The molecule has 2 aromatic heterocycles. The molecular formula is C18H21N4O2S+. The number of pyridine rings is 1. The summed E-state index contributed by atoms with van der Waals surface area (Å²) in [5, 5.41) is 4.63. The van der Waals surface area contributed by atoms with Crippen LogP contribution in [0.2, 0.25) is 0 Å². The third-order valence-electron chi connectivity index (χ3n) is 4.76. The van der Waals surface area contributed by atoms with Crippen molar-refractivity contribution in [3.05, 3.63) is 52.4 Å². The van der Waals surface area contributed by atoms with Crippen molar-refractivity contribution in [1.29, 1.82) is 0 Å². The Bertz CT molecular complexity index is 979. The predicted molar refractivity (Wildman–Crippen MR) is 96.8 cm³/mol. The predicted octanol–water partition coefficient (Wildman–Crippen LogP) is 1.48. The van der Waals surface area contributed by atoms with E-state index in [1.165, 1.54) is 16.0 Å². The number of fused-ring (bicyclic) bond motifs is 2. The fraction of sp³-hybridized carbons (Fsp3) is 0.333. The summed E-state index contributed by atoms with van der Waals surface area (Å²) in [5.74, 6) is 1.58. The molecule has 1 aliphatic heterocycles. The van der Waals surface area contributed by atoms with Crippen LogP contribution >= 0.6 is 12.2 Å². The topological polar surface area (TPSA) is 45.1 Å². The molecule has 1 aromatic carbocycles. The Hall–Kier alpha value is -2.38. The Kier molecular flexibility index (Phi) is 4.19. The highest BCUT2D eigenvalue weighted by molar-refractivity contribution is 7.71. The molecule has 3 aromatic rings. The van der Waals surface area contributed by atoms with Gasteiger partial charge < -0.3 is 14.4 Å². The van der Waals surface area contributed by atoms with Crippen LogP contribution in [0.4, 0.5) is 0 Å². The molecular weight excluding hydrogens is 336 g/mol. The maximum Gasteiger partial charge on any atom is 0.207 e. The van der Waals surface area contributed by atoms with Crippen LogP contribution in [-0.2, 0) is 19.6 Å². The summed E-state index contributed by atoms with van der Waals surface area (Å²) in [5.41, 5.74) is 3.52. The van der Waals surface area contributed by atoms with Crippen LogP contribution in [0, 0.1) is 4.77 Å². The zero-order valence-corrected chi connectivity index (χ0v) is 15.2. The van der Waals surface area contributed by atoms with Crippen molar-refractivity contribution in [2.75, 3.05) is 20.8 Å². The van der Waals surface area contributed by atoms with Crippen LogP contribution in [0.3, 0.4) is 0 Å². The van der Waals surface area contributed by atoms with E-state index in [1.807, 2.05) is 33.5 Å². The number of methoxy groups -OCH3 is 2. The smallest absolute Gasteiger partial charge is 0.207 e. The zero-order valence-electron chi connectivity index (χ0n) is 14.4. The first-order valence-corrected chi connectivity index (χ1v) is 8.72. The first-order valence-electron chi connectivity index (χ1n) is 8.31. The molecule has 0 saturated carbocycles. The van der Waals surface area contributed by atoms with Crippen LogP contribution in [0.1, 0.15) is 11.1 Å². The fourth-order valence-electron chi connectivity index (χ4n) is 3.45. The Morgan fingerprint density at radius 3 is 2.64 bits per heavy atom. The lowest BCUT2D eigenvalue weighted by molar-refractivity contribution is -0.939. The van der Waals surface area contributed by atoms with E-state index in [1.54, 1.807) is 14.2 Å². The van der Waals surface area contributed by atoms with Crippen molar-refractivity contribution in [1.82, 2.24) is 14.2 Å². The number of rotatable bonds is 4. The van der Waals surface area contributed by atoms with Crippen LogP contribution in [0.15, 0.2) is 36.5 Å². The van der Waals surface area contributed by atoms with E-state index in [2.05, 4.69) is 17.2 Å². The first-order chi connectivity index (χ1) is 12.2. The lowest BCUT2D eigenvalue weighted by Crippen LogP contribution is -3.11. The van der Waals surface area contributed by atoms with Gasteiger partial charge in [-0.05, 0) is 42.0 Å². The highest BCUT2D eigenvalue weighted by atomic mass is 32.1. The number of nitrogens with zero attached hydrogens (tertiary/aromatic N) is 3. The molecule has 0 saturated heterocycles. The number of quaternary nitrogens is 1. The van der Waals surface area contributed by atoms with Gasteiger partial charge in [0, 0.05) is 18.2 Å². The van der Waals surface area contributed by atoms with Gasteiger partial charge in [0.25, 0.3) is 0 Å². The van der Waals surface area contributed by atoms with Gasteiger partial charge in [-0.1, -0.05) is 6.07 Å². The number of benzene rings is 1. The average molecular weight is 357 g/mol. The summed E-state index contributed by atoms with van der Waals surface area (Å²) >= 11 is 5.56. The van der Waals surface area contributed by atoms with Crippen molar-refractivity contribution >= 4 is 17.9 Å². The van der Waals surface area contributed by atoms with Crippen LogP contribution in [0.25, 0.3) is 5.65 Å². The highest BCUT2D eigenvalue weighted by Gasteiger charge is 2.23. The zero-order chi connectivity index (χ0) is 17.4. The minimum atomic E-state index is 0.737. The molecule has 0 bridgehead atoms. The molecule has 3 heterocycles. The third-order valence-corrected chi connectivity index (χ3v) is 5.16. The molecule has 1 aliphatic rings. The second kappa shape index (κ2) is 6.50. The van der Waals surface area contributed by atoms with Crippen molar-refractivity contribution < 1.29 is 14.4 Å². The standard InChI is InChI=1S/C18H20N4O2S/c1-23-15-9-13-6-8-20(11-14(13)10-16(15)24-2)12-22-18(25)21-7-4-3-5-17(21)19-22/h3-5,7,9-10H,6,8,11-12H2,1-2H3/p+1. The Morgan fingerprint density at radius 1 is 1.16 bits per heavy atom. The molecule has 130 valence electrons. The van der Waals surface area contributed by atoms with Crippen LogP contribution < -0.4 is 14.4 Å². The van der Waals surface area contributed by atoms with Crippen molar-refractivity contribution in [3.8, 4) is 11.5 Å². The van der Waals surface area contributed by atoms with E-state index >= 15 is 0 Å². The lowest BCUT2D eigenvalue weighted by atomic mass is 9.99. The molecule has 0 fully saturated rings. The van der Waals surface area contributed by atoms with Gasteiger partial charge in [0.05, 0.1) is 20.8 Å². The highest BCUT2D eigenvalue weighted by Crippen LogP contribution is 2.31. The largest absolute Gasteiger partial charge is 0.493 e. The van der Waals surface area contributed by atoms with E-state index in [9.17, 15) is 0 Å². The minimum absolute atomic E-state index is 0.737. The maximum atomic E-state index is 5.56. The summed E-state index contributed by atoms with van der Waals surface area (Å²) in [6, 6.07) is 10.1. The van der Waals surface area contributed by atoms with Crippen LogP contribution in [0.5, 0.6) is 11.5 Å². The maximum absolute atomic E-state index is 5.56. The third kappa shape index (κ3) is 2.89. The van der Waals surface area contributed by atoms with Crippen LogP contribution in [-0.4, -0.2) is 34.9 Å². The first kappa shape index (κ1) is 16.1. The average Bonchev–Trinajstić information content (AvgIpc) is 2.96. The second-order valence-electron chi connectivity index (χ2n) is 6.27. The summed E-state index contributed by atoms with van der Waals surface area (Å²) in [6.07, 6.45) is 2.96. The normalized spacial score (nSPS) is 16.6. The van der Waals surface area contributed by atoms with Gasteiger partial charge in [-0.25, -0.2) is 0 Å². The number of ether oxygens (including phenoxy) is 2. The monoisotopic (exact) mass is 357 g/mol. The molecule has 1 N–H and O–H groups in total. The van der Waals surface area contributed by atoms with E-state index in [-0.39, 0.29) is 0 Å². The molecule has 1 atom stereocenters. The number of aromatic nitrogens is 3. The molecule has 1 unspecified atom stereocenters. The van der Waals surface area contributed by atoms with Crippen molar-refractivity contribution in [3.63, 3.8) is 0 Å². The van der Waals surface area contributed by atoms with E-state index in [0.717, 1.165) is 48.1 Å². The molecule has 0 aliphatic carbocycles. The molecule has 0 radical (unpaired) electrons. The lowest BCUT2D eigenvalue weighted by Gasteiger charge is -2.26. The summed E-state index contributed by atoms with van der Waals surface area (Å²) in [6.45, 7) is 2.72. The Labute approximate surface area is 151 Å². The number of hydrogen-bond acceptors (Lipinski definition) is 4. The van der Waals surface area contributed by atoms with E-state index < -0.39 is 0 Å². The van der Waals surface area contributed by atoms with Gasteiger partial charge in [-0.15, -0.1) is 5.10 Å². The van der Waals surface area contributed by atoms with Gasteiger partial charge in [-0.3, -0.25) is 4.40 Å². The van der Waals surface area contributed by atoms with E-state index in [0.29, 0.717) is 0 Å². The number of nitrogens with one attached hydrogen (secondary N) is 1. The Balaban J connectivity index is 1.59. The quantitative estimate of drug-likeness (QED) is 0.719. The van der Waals surface area contributed by atoms with Crippen molar-refractivity contribution in [2.45, 2.75) is 19.6 Å². The summed E-state index contributed by atoms with van der Waals surface area (Å²) in [4.78, 5) is 1.43. The van der Waals surface area contributed by atoms with Gasteiger partial charge in [0.2, 0.25) is 4.77 Å². The van der Waals surface area contributed by atoms with E-state index in [4.69, 9.17) is 21.7 Å². The minimum Gasteiger partial charge on any atom is -0.493 e. The summed E-state index contributed by atoms with van der Waals surface area (Å²) < 4.78 is 15.5. The molecule has 25 heavy (non-hydrogen) atoms. The second-order valence-corrected chi connectivity index (χ2v) is 6.64. The number of hydrogen-bond donors (Lipinski definition) is 1. The van der Waals surface area contributed by atoms with Gasteiger partial charge in [0.15, 0.2) is 23.8 Å². The fourth-order valence-corrected chi connectivity index (χ4v) is 3.71. The Morgan fingerprint density at radius 2 is 1.92 bits per heavy atom. The molecule has 0 amide bonds. The van der Waals surface area contributed by atoms with Crippen molar-refractivity contribution in [2.24, 2.45) is 0 Å².